The van der Waals surface area contributed by atoms with Crippen LogP contribution in [-0.4, -0.2) is 73.6 Å². The van der Waals surface area contributed by atoms with Crippen LogP contribution in [0.4, 0.5) is 5.69 Å². The van der Waals surface area contributed by atoms with Gasteiger partial charge in [-0.25, -0.2) is 16.8 Å². The van der Waals surface area contributed by atoms with Gasteiger partial charge in [0.15, 0.2) is 9.84 Å². The highest BCUT2D eigenvalue weighted by molar-refractivity contribution is 7.92. The molecule has 1 aliphatic carbocycles. The maximum absolute atomic E-state index is 11.8. The number of hydrogen-bond donors (Lipinski definition) is 2. The second-order valence-corrected chi connectivity index (χ2v) is 14.7. The smallest absolute Gasteiger partial charge is 0.229 e. The molecule has 3 rings (SSSR count). The minimum atomic E-state index is -3.38. The monoisotopic (exact) mass is 665 g/mol. The highest BCUT2D eigenvalue weighted by Crippen LogP contribution is 2.34. The maximum atomic E-state index is 11.8. The zero-order valence-electron chi connectivity index (χ0n) is 25.4. The van der Waals surface area contributed by atoms with Gasteiger partial charge in [-0.2, -0.15) is 0 Å². The number of rotatable bonds is 17. The number of benzene rings is 2. The summed E-state index contributed by atoms with van der Waals surface area (Å²) in [4.78, 5) is 3.00. The summed E-state index contributed by atoms with van der Waals surface area (Å²) in [6.45, 7) is 6.28. The third-order valence-electron chi connectivity index (χ3n) is 7.54. The van der Waals surface area contributed by atoms with Gasteiger partial charge in [-0.1, -0.05) is 31.9 Å². The van der Waals surface area contributed by atoms with E-state index < -0.39 is 19.9 Å². The molecule has 2 aromatic rings. The van der Waals surface area contributed by atoms with Crippen LogP contribution < -0.4 is 14.8 Å². The van der Waals surface area contributed by atoms with Crippen molar-refractivity contribution in [2.24, 2.45) is 0 Å². The van der Waals surface area contributed by atoms with Crippen molar-refractivity contribution in [3.8, 4) is 5.75 Å². The fourth-order valence-electron chi connectivity index (χ4n) is 5.47. The fourth-order valence-corrected chi connectivity index (χ4v) is 6.66. The number of unbranched alkanes of at least 4 members (excludes halogenated alkanes) is 3. The van der Waals surface area contributed by atoms with Gasteiger partial charge in [-0.15, -0.1) is 24.8 Å². The van der Waals surface area contributed by atoms with Gasteiger partial charge in [0.2, 0.25) is 10.0 Å². The van der Waals surface area contributed by atoms with Gasteiger partial charge in [0, 0.05) is 12.3 Å². The molecular formula is C30H49Cl2N3O5S2. The van der Waals surface area contributed by atoms with Crippen molar-refractivity contribution in [1.29, 1.82) is 0 Å². The van der Waals surface area contributed by atoms with Gasteiger partial charge in [-0.05, 0) is 112 Å². The number of nitrogens with one attached hydrogen (secondary N) is 2. The summed E-state index contributed by atoms with van der Waals surface area (Å²) in [5.41, 5.74) is 4.12. The van der Waals surface area contributed by atoms with Gasteiger partial charge in [0.1, 0.15) is 5.75 Å². The number of anilines is 1. The van der Waals surface area contributed by atoms with Crippen molar-refractivity contribution in [2.75, 3.05) is 50.5 Å². The summed E-state index contributed by atoms with van der Waals surface area (Å²) in [6, 6.07) is 11.6. The lowest BCUT2D eigenvalue weighted by Crippen LogP contribution is -2.40. The molecule has 42 heavy (non-hydrogen) atoms. The lowest BCUT2D eigenvalue weighted by Gasteiger charge is -2.35. The Balaban J connectivity index is 0.00000441. The molecular weight excluding hydrogens is 617 g/mol. The van der Waals surface area contributed by atoms with E-state index >= 15 is 0 Å². The second-order valence-electron chi connectivity index (χ2n) is 11.0. The normalized spacial score (nSPS) is 14.9. The van der Waals surface area contributed by atoms with Crippen LogP contribution in [0, 0.1) is 0 Å². The number of methoxy groups -OCH3 is 1. The molecule has 12 heteroatoms. The first-order valence-electron chi connectivity index (χ1n) is 14.4. The molecule has 1 aliphatic rings. The lowest BCUT2D eigenvalue weighted by molar-refractivity contribution is 0.176. The number of sulfonamides is 1. The zero-order valence-corrected chi connectivity index (χ0v) is 28.6. The maximum Gasteiger partial charge on any atom is 0.229 e. The molecule has 8 nitrogen and oxygen atoms in total. The number of fused-ring (bicyclic) bond motifs is 1. The Labute approximate surface area is 266 Å². The van der Waals surface area contributed by atoms with E-state index in [-0.39, 0.29) is 24.8 Å². The van der Waals surface area contributed by atoms with Crippen LogP contribution in [0.2, 0.25) is 0 Å². The molecule has 0 saturated carbocycles. The van der Waals surface area contributed by atoms with E-state index in [4.69, 9.17) is 4.74 Å². The number of aryl methyl sites for hydroxylation is 1. The van der Waals surface area contributed by atoms with Gasteiger partial charge in [0.25, 0.3) is 0 Å². The summed E-state index contributed by atoms with van der Waals surface area (Å²) in [7, 11) is -4.95. The van der Waals surface area contributed by atoms with Crippen LogP contribution in [-0.2, 0) is 39.1 Å². The average molecular weight is 667 g/mol. The molecule has 0 aliphatic heterocycles. The quantitative estimate of drug-likeness (QED) is 0.222. The summed E-state index contributed by atoms with van der Waals surface area (Å²) in [5.74, 6) is 0.575. The van der Waals surface area contributed by atoms with Crippen LogP contribution in [0.15, 0.2) is 41.3 Å². The van der Waals surface area contributed by atoms with Crippen molar-refractivity contribution in [3.63, 3.8) is 0 Å². The van der Waals surface area contributed by atoms with E-state index in [0.29, 0.717) is 22.4 Å². The minimum absolute atomic E-state index is 0. The van der Waals surface area contributed by atoms with Crippen molar-refractivity contribution < 1.29 is 21.6 Å². The molecule has 0 bridgehead atoms. The van der Waals surface area contributed by atoms with Crippen LogP contribution in [0.5, 0.6) is 5.75 Å². The van der Waals surface area contributed by atoms with Crippen molar-refractivity contribution in [1.82, 2.24) is 10.2 Å². The number of sulfone groups is 1. The first kappa shape index (κ1) is 38.5. The van der Waals surface area contributed by atoms with Crippen LogP contribution in [0.25, 0.3) is 0 Å². The first-order chi connectivity index (χ1) is 19.0. The molecule has 0 unspecified atom stereocenters. The van der Waals surface area contributed by atoms with E-state index in [2.05, 4.69) is 21.9 Å². The molecule has 0 spiro atoms. The molecule has 0 heterocycles. The molecule has 0 amide bonds. The van der Waals surface area contributed by atoms with Gasteiger partial charge >= 0.3 is 0 Å². The Hall–Kier alpha value is -1.56. The van der Waals surface area contributed by atoms with Gasteiger partial charge in [0.05, 0.1) is 23.9 Å². The number of ether oxygens (including phenoxy) is 1. The van der Waals surface area contributed by atoms with E-state index in [1.807, 2.05) is 24.3 Å². The Kier molecular flexibility index (Phi) is 16.8. The van der Waals surface area contributed by atoms with Gasteiger partial charge in [-0.3, -0.25) is 4.72 Å². The highest BCUT2D eigenvalue weighted by atomic mass is 35.5. The molecule has 0 aromatic heterocycles. The first-order valence-corrected chi connectivity index (χ1v) is 18.2. The average Bonchev–Trinajstić information content (AvgIpc) is 2.89. The topological polar surface area (TPSA) is 105 Å². The van der Waals surface area contributed by atoms with Crippen LogP contribution in [0.1, 0.15) is 62.1 Å². The van der Waals surface area contributed by atoms with Gasteiger partial charge < -0.3 is 15.0 Å². The van der Waals surface area contributed by atoms with Crippen molar-refractivity contribution >= 4 is 50.4 Å². The summed E-state index contributed by atoms with van der Waals surface area (Å²) >= 11 is 0. The third kappa shape index (κ3) is 12.6. The van der Waals surface area contributed by atoms with E-state index in [1.165, 1.54) is 36.6 Å². The van der Waals surface area contributed by atoms with Crippen molar-refractivity contribution in [2.45, 2.75) is 75.6 Å². The molecule has 0 fully saturated rings. The highest BCUT2D eigenvalue weighted by Gasteiger charge is 2.25. The van der Waals surface area contributed by atoms with E-state index in [0.717, 1.165) is 76.5 Å². The SMILES string of the molecule is CCCN(CCCCCCNCCc1ccc(S(C)(=O)=O)cc1)[C@@H]1CCc2cc(OC)c(NS(C)(=O)=O)cc2C1.Cl.Cl. The zero-order chi connectivity index (χ0) is 29.2. The standard InChI is InChI=1S/C30H47N3O5S2.2ClH/c1-5-19-33(27-13-12-25-23-30(38-2)29(22-26(25)21-27)32-40(4,36)37)20-9-7-6-8-17-31-18-16-24-10-14-28(15-11-24)39(3,34)35;;/h10-11,14-15,22-23,27,31-32H,5-9,12-13,16-21H2,1-4H3;2*1H/t27-;;/m1../s1. The lowest BCUT2D eigenvalue weighted by atomic mass is 9.86. The number of nitrogens with zero attached hydrogens (tertiary/aromatic N) is 1. The molecule has 1 atom stereocenters. The number of hydrogen-bond acceptors (Lipinski definition) is 7. The summed E-state index contributed by atoms with van der Waals surface area (Å²) in [5, 5.41) is 3.51. The Morgan fingerprint density at radius 3 is 2.21 bits per heavy atom. The predicted octanol–water partition coefficient (Wildman–Crippen LogP) is 5.28. The molecule has 0 saturated heterocycles. The minimum Gasteiger partial charge on any atom is -0.495 e. The number of halogens is 2. The summed E-state index contributed by atoms with van der Waals surface area (Å²) in [6.07, 6.45) is 12.1. The Morgan fingerprint density at radius 2 is 1.60 bits per heavy atom. The van der Waals surface area contributed by atoms with E-state index in [1.54, 1.807) is 19.2 Å². The Bertz CT molecular complexity index is 1310. The third-order valence-corrected chi connectivity index (χ3v) is 9.26. The second kappa shape index (κ2) is 18.3. The van der Waals surface area contributed by atoms with E-state index in [9.17, 15) is 16.8 Å². The van der Waals surface area contributed by atoms with Crippen LogP contribution >= 0.6 is 24.8 Å². The predicted molar refractivity (Wildman–Crippen MR) is 178 cm³/mol. The largest absolute Gasteiger partial charge is 0.495 e. The van der Waals surface area contributed by atoms with Crippen molar-refractivity contribution in [3.05, 3.63) is 53.1 Å². The molecule has 240 valence electrons. The summed E-state index contributed by atoms with van der Waals surface area (Å²) < 4.78 is 54.9. The Morgan fingerprint density at radius 1 is 0.905 bits per heavy atom. The fraction of sp³-hybridized carbons (Fsp3) is 0.600. The molecule has 0 radical (unpaired) electrons. The molecule has 2 aromatic carbocycles. The van der Waals surface area contributed by atoms with Crippen LogP contribution in [0.3, 0.4) is 0 Å². The molecule has 2 N–H and O–H groups in total.